The van der Waals surface area contributed by atoms with Crippen molar-refractivity contribution in [2.75, 3.05) is 25.9 Å². The monoisotopic (exact) mass is 527 g/mol. The Morgan fingerprint density at radius 3 is 2.46 bits per heavy atom. The fourth-order valence-electron chi connectivity index (χ4n) is 2.11. The molecule has 162 valence electrons. The number of hydrogen-bond acceptors (Lipinski definition) is 5. The molecule has 0 bridgehead atoms. The molecule has 0 aliphatic heterocycles. The van der Waals surface area contributed by atoms with E-state index in [9.17, 15) is 13.5 Å². The molecule has 7 nitrogen and oxygen atoms in total. The van der Waals surface area contributed by atoms with E-state index in [1.54, 1.807) is 13.8 Å². The van der Waals surface area contributed by atoms with Crippen LogP contribution >= 0.6 is 24.0 Å². The van der Waals surface area contributed by atoms with Crippen molar-refractivity contribution < 1.29 is 18.3 Å². The van der Waals surface area contributed by atoms with E-state index in [1.807, 2.05) is 45.0 Å². The molecule has 1 aromatic rings. The molecule has 0 amide bonds. The Kier molecular flexibility index (Phi) is 11.4. The molecule has 0 saturated carbocycles. The Bertz CT molecular complexity index is 736. The summed E-state index contributed by atoms with van der Waals surface area (Å²) in [6.45, 7) is 10.1. The molecule has 0 heterocycles. The minimum Gasteiger partial charge on any atom is -0.491 e. The van der Waals surface area contributed by atoms with Crippen molar-refractivity contribution in [1.29, 1.82) is 0 Å². The van der Waals surface area contributed by atoms with E-state index in [2.05, 4.69) is 15.6 Å². The van der Waals surface area contributed by atoms with Crippen molar-refractivity contribution in [2.24, 2.45) is 4.99 Å². The van der Waals surface area contributed by atoms with Crippen LogP contribution in [0.4, 0.5) is 0 Å². The molecule has 1 rings (SSSR count). The Morgan fingerprint density at radius 1 is 1.29 bits per heavy atom. The maximum Gasteiger partial charge on any atom is 0.191 e. The van der Waals surface area contributed by atoms with E-state index < -0.39 is 20.7 Å². The SMILES string of the molecule is CCNC(=NCC(C)(C)S(C)(=O)=O)NCC(O)c1cccc(OC(C)C)c1.I. The van der Waals surface area contributed by atoms with Crippen LogP contribution in [0.3, 0.4) is 0 Å². The summed E-state index contributed by atoms with van der Waals surface area (Å²) in [5.74, 6) is 1.17. The largest absolute Gasteiger partial charge is 0.491 e. The topological polar surface area (TPSA) is 100 Å². The summed E-state index contributed by atoms with van der Waals surface area (Å²) in [6.07, 6.45) is 0.507. The van der Waals surface area contributed by atoms with Gasteiger partial charge >= 0.3 is 0 Å². The average molecular weight is 527 g/mol. The van der Waals surface area contributed by atoms with Gasteiger partial charge in [0, 0.05) is 19.3 Å². The smallest absolute Gasteiger partial charge is 0.191 e. The minimum absolute atomic E-state index is 0. The zero-order valence-electron chi connectivity index (χ0n) is 17.5. The third kappa shape index (κ3) is 8.95. The highest BCUT2D eigenvalue weighted by Gasteiger charge is 2.30. The summed E-state index contributed by atoms with van der Waals surface area (Å²) in [5, 5.41) is 16.6. The highest BCUT2D eigenvalue weighted by atomic mass is 127. The second kappa shape index (κ2) is 11.8. The number of nitrogens with zero attached hydrogens (tertiary/aromatic N) is 1. The van der Waals surface area contributed by atoms with Gasteiger partial charge in [-0.3, -0.25) is 4.99 Å². The number of rotatable bonds is 9. The molecular formula is C19H34IN3O4S. The Labute approximate surface area is 186 Å². The molecule has 0 radical (unpaired) electrons. The third-order valence-corrected chi connectivity index (χ3v) is 6.18. The molecule has 1 unspecified atom stereocenters. The lowest BCUT2D eigenvalue weighted by molar-refractivity contribution is 0.179. The molecule has 3 N–H and O–H groups in total. The van der Waals surface area contributed by atoms with Gasteiger partial charge in [0.25, 0.3) is 0 Å². The van der Waals surface area contributed by atoms with Crippen molar-refractivity contribution >= 4 is 39.8 Å². The second-order valence-corrected chi connectivity index (χ2v) is 10.0. The first-order valence-electron chi connectivity index (χ1n) is 9.12. The fourth-order valence-corrected chi connectivity index (χ4v) is 2.41. The molecule has 0 spiro atoms. The van der Waals surface area contributed by atoms with E-state index in [1.165, 1.54) is 6.26 Å². The maximum atomic E-state index is 11.8. The number of guanidine groups is 1. The average Bonchev–Trinajstić information content (AvgIpc) is 2.55. The summed E-state index contributed by atoms with van der Waals surface area (Å²) in [7, 11) is -3.23. The van der Waals surface area contributed by atoms with Gasteiger partial charge in [-0.2, -0.15) is 0 Å². The molecule has 1 aromatic carbocycles. The molecule has 0 aliphatic carbocycles. The summed E-state index contributed by atoms with van der Waals surface area (Å²) in [6, 6.07) is 7.33. The van der Waals surface area contributed by atoms with E-state index in [4.69, 9.17) is 4.74 Å². The first-order chi connectivity index (χ1) is 12.5. The van der Waals surface area contributed by atoms with Gasteiger partial charge in [0.2, 0.25) is 0 Å². The highest BCUT2D eigenvalue weighted by Crippen LogP contribution is 2.20. The van der Waals surface area contributed by atoms with Crippen molar-refractivity contribution in [3.63, 3.8) is 0 Å². The second-order valence-electron chi connectivity index (χ2n) is 7.36. The quantitative estimate of drug-likeness (QED) is 0.259. The first-order valence-corrected chi connectivity index (χ1v) is 11.0. The van der Waals surface area contributed by atoms with E-state index >= 15 is 0 Å². The standard InChI is InChI=1S/C19H33N3O4S.HI/c1-7-20-18(22-13-19(4,5)27(6,24)25)21-12-17(23)15-9-8-10-16(11-15)26-14(2)3;/h8-11,14,17,23H,7,12-13H2,1-6H3,(H2,20,21,22);1H. The van der Waals surface area contributed by atoms with Crippen LogP contribution in [0.2, 0.25) is 0 Å². The number of ether oxygens (including phenoxy) is 1. The van der Waals surface area contributed by atoms with Crippen LogP contribution in [0.1, 0.15) is 46.3 Å². The van der Waals surface area contributed by atoms with Crippen LogP contribution in [-0.4, -0.2) is 56.2 Å². The minimum atomic E-state index is -3.23. The molecular weight excluding hydrogens is 493 g/mol. The zero-order chi connectivity index (χ0) is 20.7. The molecule has 28 heavy (non-hydrogen) atoms. The fraction of sp³-hybridized carbons (Fsp3) is 0.632. The lowest BCUT2D eigenvalue weighted by Crippen LogP contribution is -2.42. The lowest BCUT2D eigenvalue weighted by Gasteiger charge is -2.21. The molecule has 0 fully saturated rings. The van der Waals surface area contributed by atoms with Gasteiger partial charge < -0.3 is 20.5 Å². The lowest BCUT2D eigenvalue weighted by atomic mass is 10.1. The van der Waals surface area contributed by atoms with Gasteiger partial charge in [0.15, 0.2) is 15.8 Å². The Balaban J connectivity index is 0.00000729. The molecule has 0 aromatic heterocycles. The third-order valence-electron chi connectivity index (χ3n) is 4.04. The number of aliphatic imine (C=N–C) groups is 1. The predicted octanol–water partition coefficient (Wildman–Crippen LogP) is 2.50. The van der Waals surface area contributed by atoms with Crippen LogP contribution in [0, 0.1) is 0 Å². The van der Waals surface area contributed by atoms with Gasteiger partial charge in [-0.05, 0) is 52.3 Å². The Morgan fingerprint density at radius 2 is 1.93 bits per heavy atom. The number of aliphatic hydroxyl groups excluding tert-OH is 1. The van der Waals surface area contributed by atoms with Crippen LogP contribution in [-0.2, 0) is 9.84 Å². The molecule has 0 aliphatic rings. The number of aliphatic hydroxyl groups is 1. The normalized spacial score (nSPS) is 13.6. The van der Waals surface area contributed by atoms with Crippen molar-refractivity contribution in [2.45, 2.75) is 51.6 Å². The zero-order valence-corrected chi connectivity index (χ0v) is 20.7. The molecule has 9 heteroatoms. The molecule has 1 atom stereocenters. The van der Waals surface area contributed by atoms with Crippen LogP contribution in [0.5, 0.6) is 5.75 Å². The van der Waals surface area contributed by atoms with Crippen molar-refractivity contribution in [1.82, 2.24) is 10.6 Å². The van der Waals surface area contributed by atoms with Crippen LogP contribution in [0.15, 0.2) is 29.3 Å². The maximum absolute atomic E-state index is 11.8. The van der Waals surface area contributed by atoms with E-state index in [0.717, 1.165) is 5.56 Å². The van der Waals surface area contributed by atoms with Gasteiger partial charge in [-0.1, -0.05) is 12.1 Å². The van der Waals surface area contributed by atoms with Gasteiger partial charge in [0.05, 0.1) is 23.5 Å². The summed E-state index contributed by atoms with van der Waals surface area (Å²) >= 11 is 0. The first kappa shape index (κ1) is 26.9. The van der Waals surface area contributed by atoms with Crippen LogP contribution < -0.4 is 15.4 Å². The van der Waals surface area contributed by atoms with Gasteiger partial charge in [-0.25, -0.2) is 8.42 Å². The number of hydrogen-bond donors (Lipinski definition) is 3. The van der Waals surface area contributed by atoms with Gasteiger partial charge in [0.1, 0.15) is 5.75 Å². The van der Waals surface area contributed by atoms with Crippen LogP contribution in [0.25, 0.3) is 0 Å². The number of sulfone groups is 1. The molecule has 0 saturated heterocycles. The van der Waals surface area contributed by atoms with Gasteiger partial charge in [-0.15, -0.1) is 24.0 Å². The highest BCUT2D eigenvalue weighted by molar-refractivity contribution is 14.0. The summed E-state index contributed by atoms with van der Waals surface area (Å²) < 4.78 is 28.3. The number of halogens is 1. The number of benzene rings is 1. The summed E-state index contributed by atoms with van der Waals surface area (Å²) in [4.78, 5) is 4.35. The predicted molar refractivity (Wildman–Crippen MR) is 125 cm³/mol. The Hall–Kier alpha value is -1.07. The van der Waals surface area contributed by atoms with Crippen molar-refractivity contribution in [3.05, 3.63) is 29.8 Å². The van der Waals surface area contributed by atoms with E-state index in [0.29, 0.717) is 18.3 Å². The summed E-state index contributed by atoms with van der Waals surface area (Å²) in [5.41, 5.74) is 0.730. The number of nitrogens with one attached hydrogen (secondary N) is 2. The van der Waals surface area contributed by atoms with Crippen molar-refractivity contribution in [3.8, 4) is 5.75 Å². The van der Waals surface area contributed by atoms with E-state index in [-0.39, 0.29) is 43.2 Å².